The van der Waals surface area contributed by atoms with E-state index < -0.39 is 0 Å². The SMILES string of the molecule is CCCCCCOc1ccc(/C=N/c2nc3ccccc3s2)cc1. The highest BCUT2D eigenvalue weighted by molar-refractivity contribution is 7.22. The number of hydrogen-bond acceptors (Lipinski definition) is 4. The molecule has 0 atom stereocenters. The molecule has 1 heterocycles. The fraction of sp³-hybridized carbons (Fsp3) is 0.300. The zero-order chi connectivity index (χ0) is 16.6. The molecule has 3 aromatic rings. The van der Waals surface area contributed by atoms with E-state index in [1.165, 1.54) is 19.3 Å². The number of ether oxygens (including phenoxy) is 1. The summed E-state index contributed by atoms with van der Waals surface area (Å²) < 4.78 is 6.92. The Morgan fingerprint density at radius 1 is 1.04 bits per heavy atom. The maximum Gasteiger partial charge on any atom is 0.210 e. The minimum Gasteiger partial charge on any atom is -0.494 e. The Balaban J connectivity index is 1.55. The van der Waals surface area contributed by atoms with Crippen molar-refractivity contribution in [3.05, 3.63) is 54.1 Å². The number of aliphatic imine (C=N–C) groups is 1. The Kier molecular flexibility index (Phi) is 5.96. The third kappa shape index (κ3) is 4.65. The van der Waals surface area contributed by atoms with Gasteiger partial charge in [-0.25, -0.2) is 9.98 Å². The highest BCUT2D eigenvalue weighted by Gasteiger charge is 2.00. The summed E-state index contributed by atoms with van der Waals surface area (Å²) in [5.41, 5.74) is 2.05. The summed E-state index contributed by atoms with van der Waals surface area (Å²) in [7, 11) is 0. The molecule has 0 N–H and O–H groups in total. The van der Waals surface area contributed by atoms with Crippen LogP contribution in [0, 0.1) is 0 Å². The average molecular weight is 338 g/mol. The van der Waals surface area contributed by atoms with Gasteiger partial charge in [0.05, 0.1) is 16.8 Å². The number of unbranched alkanes of at least 4 members (excludes halogenated alkanes) is 3. The van der Waals surface area contributed by atoms with E-state index in [0.29, 0.717) is 0 Å². The van der Waals surface area contributed by atoms with Gasteiger partial charge in [0.1, 0.15) is 5.75 Å². The molecule has 1 aromatic heterocycles. The second-order valence-corrected chi connectivity index (χ2v) is 6.71. The van der Waals surface area contributed by atoms with Crippen LogP contribution in [-0.2, 0) is 0 Å². The highest BCUT2D eigenvalue weighted by Crippen LogP contribution is 2.27. The number of fused-ring (bicyclic) bond motifs is 1. The lowest BCUT2D eigenvalue weighted by molar-refractivity contribution is 0.305. The van der Waals surface area contributed by atoms with Gasteiger partial charge in [0.15, 0.2) is 0 Å². The van der Waals surface area contributed by atoms with E-state index in [0.717, 1.165) is 39.7 Å². The Morgan fingerprint density at radius 2 is 1.88 bits per heavy atom. The van der Waals surface area contributed by atoms with Crippen molar-refractivity contribution in [1.82, 2.24) is 4.98 Å². The maximum atomic E-state index is 5.76. The first-order chi connectivity index (χ1) is 11.8. The molecule has 4 heteroatoms. The van der Waals surface area contributed by atoms with E-state index in [1.807, 2.05) is 48.7 Å². The molecular formula is C20H22N2OS. The molecule has 3 nitrogen and oxygen atoms in total. The molecule has 124 valence electrons. The van der Waals surface area contributed by atoms with Crippen molar-refractivity contribution < 1.29 is 4.74 Å². The van der Waals surface area contributed by atoms with Gasteiger partial charge in [0.2, 0.25) is 5.13 Å². The van der Waals surface area contributed by atoms with E-state index in [4.69, 9.17) is 4.74 Å². The predicted molar refractivity (Wildman–Crippen MR) is 103 cm³/mol. The molecule has 0 spiro atoms. The fourth-order valence-electron chi connectivity index (χ4n) is 2.41. The molecule has 0 bridgehead atoms. The lowest BCUT2D eigenvalue weighted by Crippen LogP contribution is -1.97. The van der Waals surface area contributed by atoms with Gasteiger partial charge in [-0.2, -0.15) is 0 Å². The molecule has 3 rings (SSSR count). The normalized spacial score (nSPS) is 11.4. The first-order valence-electron chi connectivity index (χ1n) is 8.47. The van der Waals surface area contributed by atoms with Crippen LogP contribution in [0.4, 0.5) is 5.13 Å². The number of rotatable bonds is 8. The average Bonchev–Trinajstić information content (AvgIpc) is 3.04. The van der Waals surface area contributed by atoms with Crippen LogP contribution in [0.1, 0.15) is 38.2 Å². The van der Waals surface area contributed by atoms with E-state index in [-0.39, 0.29) is 0 Å². The number of thiazole rings is 1. The molecule has 0 aliphatic heterocycles. The maximum absolute atomic E-state index is 5.76. The van der Waals surface area contributed by atoms with Crippen molar-refractivity contribution in [1.29, 1.82) is 0 Å². The van der Waals surface area contributed by atoms with E-state index >= 15 is 0 Å². The molecule has 0 radical (unpaired) electrons. The zero-order valence-corrected chi connectivity index (χ0v) is 14.8. The lowest BCUT2D eigenvalue weighted by atomic mass is 10.2. The van der Waals surface area contributed by atoms with Gasteiger partial charge in [0, 0.05) is 6.21 Å². The first-order valence-corrected chi connectivity index (χ1v) is 9.29. The number of para-hydroxylation sites is 1. The zero-order valence-electron chi connectivity index (χ0n) is 13.9. The van der Waals surface area contributed by atoms with E-state index in [1.54, 1.807) is 11.3 Å². The quantitative estimate of drug-likeness (QED) is 0.372. The second-order valence-electron chi connectivity index (χ2n) is 5.70. The summed E-state index contributed by atoms with van der Waals surface area (Å²) in [6.45, 7) is 3.01. The van der Waals surface area contributed by atoms with Crippen LogP contribution in [0.5, 0.6) is 5.75 Å². The standard InChI is InChI=1S/C20H22N2OS/c1-2-3-4-7-14-23-17-12-10-16(11-13-17)15-21-20-22-18-8-5-6-9-19(18)24-20/h5-6,8-13,15H,2-4,7,14H2,1H3/b21-15+. The Hall–Kier alpha value is -2.20. The molecule has 0 unspecified atom stereocenters. The number of benzene rings is 2. The minimum atomic E-state index is 0.785. The van der Waals surface area contributed by atoms with Crippen molar-refractivity contribution in [2.45, 2.75) is 32.6 Å². The molecule has 0 saturated carbocycles. The molecule has 0 amide bonds. The van der Waals surface area contributed by atoms with Crippen LogP contribution < -0.4 is 4.74 Å². The molecular weight excluding hydrogens is 316 g/mol. The summed E-state index contributed by atoms with van der Waals surface area (Å²) in [4.78, 5) is 8.99. The highest BCUT2D eigenvalue weighted by atomic mass is 32.1. The van der Waals surface area contributed by atoms with Crippen LogP contribution in [0.15, 0.2) is 53.5 Å². The molecule has 0 aliphatic rings. The van der Waals surface area contributed by atoms with Crippen LogP contribution in [-0.4, -0.2) is 17.8 Å². The van der Waals surface area contributed by atoms with Gasteiger partial charge < -0.3 is 4.74 Å². The minimum absolute atomic E-state index is 0.785. The largest absolute Gasteiger partial charge is 0.494 e. The summed E-state index contributed by atoms with van der Waals surface area (Å²) in [6.07, 6.45) is 6.74. The molecule has 24 heavy (non-hydrogen) atoms. The van der Waals surface area contributed by atoms with Crippen LogP contribution in [0.25, 0.3) is 10.2 Å². The van der Waals surface area contributed by atoms with Gasteiger partial charge in [0.25, 0.3) is 0 Å². The molecule has 0 saturated heterocycles. The fourth-order valence-corrected chi connectivity index (χ4v) is 3.22. The Morgan fingerprint density at radius 3 is 2.67 bits per heavy atom. The van der Waals surface area contributed by atoms with Crippen molar-refractivity contribution in [3.63, 3.8) is 0 Å². The van der Waals surface area contributed by atoms with Crippen LogP contribution >= 0.6 is 11.3 Å². The first kappa shape index (κ1) is 16.7. The second kappa shape index (κ2) is 8.60. The Bertz CT molecular complexity index is 760. The Labute approximate surface area is 147 Å². The molecule has 2 aromatic carbocycles. The van der Waals surface area contributed by atoms with Gasteiger partial charge in [-0.3, -0.25) is 0 Å². The number of aromatic nitrogens is 1. The summed E-state index contributed by atoms with van der Waals surface area (Å²) >= 11 is 1.60. The number of nitrogens with zero attached hydrogens (tertiary/aromatic N) is 2. The van der Waals surface area contributed by atoms with E-state index in [9.17, 15) is 0 Å². The third-order valence-electron chi connectivity index (χ3n) is 3.75. The van der Waals surface area contributed by atoms with Crippen molar-refractivity contribution in [2.75, 3.05) is 6.61 Å². The van der Waals surface area contributed by atoms with Gasteiger partial charge in [-0.05, 0) is 48.4 Å². The summed E-state index contributed by atoms with van der Waals surface area (Å²) in [5.74, 6) is 0.920. The number of hydrogen-bond donors (Lipinski definition) is 0. The predicted octanol–water partition coefficient (Wildman–Crippen LogP) is 6.01. The third-order valence-corrected chi connectivity index (χ3v) is 4.70. The lowest BCUT2D eigenvalue weighted by Gasteiger charge is -2.05. The van der Waals surface area contributed by atoms with Crippen LogP contribution in [0.2, 0.25) is 0 Å². The van der Waals surface area contributed by atoms with E-state index in [2.05, 4.69) is 23.0 Å². The van der Waals surface area contributed by atoms with Crippen molar-refractivity contribution in [3.8, 4) is 5.75 Å². The smallest absolute Gasteiger partial charge is 0.210 e. The molecule has 0 aliphatic carbocycles. The van der Waals surface area contributed by atoms with Crippen molar-refractivity contribution >= 4 is 32.9 Å². The monoisotopic (exact) mass is 338 g/mol. The summed E-state index contributed by atoms with van der Waals surface area (Å²) in [5, 5.41) is 0.785. The van der Waals surface area contributed by atoms with Crippen LogP contribution in [0.3, 0.4) is 0 Å². The van der Waals surface area contributed by atoms with Gasteiger partial charge in [-0.15, -0.1) is 0 Å². The van der Waals surface area contributed by atoms with Crippen molar-refractivity contribution in [2.24, 2.45) is 4.99 Å². The van der Waals surface area contributed by atoms with Gasteiger partial charge >= 0.3 is 0 Å². The molecule has 0 fully saturated rings. The van der Waals surface area contributed by atoms with Gasteiger partial charge in [-0.1, -0.05) is 49.7 Å². The topological polar surface area (TPSA) is 34.5 Å². The summed E-state index contributed by atoms with van der Waals surface area (Å²) in [6, 6.07) is 16.1.